The minimum atomic E-state index is -1.60. The first kappa shape index (κ1) is 19.4. The highest BCUT2D eigenvalue weighted by Gasteiger charge is 2.64. The van der Waals surface area contributed by atoms with Crippen molar-refractivity contribution < 1.29 is 28.2 Å². The fraction of sp³-hybridized carbons (Fsp3) is 0.364. The van der Waals surface area contributed by atoms with Gasteiger partial charge in [-0.05, 0) is 30.7 Å². The summed E-state index contributed by atoms with van der Waals surface area (Å²) in [5.74, 6) is -2.40. The zero-order chi connectivity index (χ0) is 20.6. The molecule has 2 aromatic rings. The second-order valence-corrected chi connectivity index (χ2v) is 7.17. The first-order valence-corrected chi connectivity index (χ1v) is 9.53. The molecule has 0 bridgehead atoms. The van der Waals surface area contributed by atoms with Gasteiger partial charge in [-0.15, -0.1) is 0 Å². The SMILES string of the molecule is CCOC(=O)[C@H]1[C@@H]2COc3ccccc3[C@H]2N[C@]1(C(=O)OC)c1cccc(F)c1. The van der Waals surface area contributed by atoms with Gasteiger partial charge in [-0.3, -0.25) is 10.1 Å². The van der Waals surface area contributed by atoms with Crippen molar-refractivity contribution >= 4 is 11.9 Å². The summed E-state index contributed by atoms with van der Waals surface area (Å²) < 4.78 is 30.5. The Labute approximate surface area is 168 Å². The molecule has 0 radical (unpaired) electrons. The zero-order valence-electron chi connectivity index (χ0n) is 16.2. The molecule has 1 fully saturated rings. The molecule has 2 aliphatic rings. The van der Waals surface area contributed by atoms with E-state index in [4.69, 9.17) is 14.2 Å². The molecule has 0 saturated carbocycles. The average molecular weight is 399 g/mol. The fourth-order valence-electron chi connectivity index (χ4n) is 4.56. The molecule has 0 amide bonds. The van der Waals surface area contributed by atoms with Crippen LogP contribution in [-0.4, -0.2) is 32.3 Å². The number of fused-ring (bicyclic) bond motifs is 3. The average Bonchev–Trinajstić information content (AvgIpc) is 3.10. The van der Waals surface area contributed by atoms with Crippen LogP contribution in [-0.2, 0) is 24.6 Å². The molecule has 0 unspecified atom stereocenters. The number of ether oxygens (including phenoxy) is 3. The summed E-state index contributed by atoms with van der Waals surface area (Å²) in [6.07, 6.45) is 0. The Bertz CT molecular complexity index is 948. The van der Waals surface area contributed by atoms with Crippen molar-refractivity contribution in [3.63, 3.8) is 0 Å². The summed E-state index contributed by atoms with van der Waals surface area (Å²) in [5, 5.41) is 3.32. The molecule has 2 aliphatic heterocycles. The van der Waals surface area contributed by atoms with E-state index in [0.717, 1.165) is 5.56 Å². The van der Waals surface area contributed by atoms with Crippen LogP contribution in [0.3, 0.4) is 0 Å². The van der Waals surface area contributed by atoms with Gasteiger partial charge in [0.05, 0.1) is 26.2 Å². The number of halogens is 1. The maximum absolute atomic E-state index is 14.1. The summed E-state index contributed by atoms with van der Waals surface area (Å²) in [5.41, 5.74) is -0.450. The molecule has 2 heterocycles. The lowest BCUT2D eigenvalue weighted by Gasteiger charge is -2.33. The molecular formula is C22H22FNO5. The minimum absolute atomic E-state index is 0.157. The first-order valence-electron chi connectivity index (χ1n) is 9.53. The lowest BCUT2D eigenvalue weighted by molar-refractivity contribution is -0.162. The molecular weight excluding hydrogens is 377 g/mol. The van der Waals surface area contributed by atoms with Crippen molar-refractivity contribution in [1.82, 2.24) is 5.32 Å². The van der Waals surface area contributed by atoms with Gasteiger partial charge in [-0.1, -0.05) is 30.3 Å². The zero-order valence-corrected chi connectivity index (χ0v) is 16.2. The van der Waals surface area contributed by atoms with E-state index in [1.165, 1.54) is 25.3 Å². The standard InChI is InChI=1S/C22H22FNO5/c1-3-28-20(25)18-16-12-29-17-10-5-4-9-15(17)19(16)24-22(18,21(26)27-2)13-7-6-8-14(23)11-13/h4-11,16,18-19,24H,3,12H2,1-2H3/t16-,18+,19+,22+/m0/s1. The number of benzene rings is 2. The molecule has 2 aromatic carbocycles. The number of hydrogen-bond acceptors (Lipinski definition) is 6. The molecule has 29 heavy (non-hydrogen) atoms. The van der Waals surface area contributed by atoms with Crippen LogP contribution in [0.5, 0.6) is 5.75 Å². The molecule has 7 heteroatoms. The highest BCUT2D eigenvalue weighted by atomic mass is 19.1. The molecule has 4 rings (SSSR count). The van der Waals surface area contributed by atoms with E-state index in [9.17, 15) is 14.0 Å². The van der Waals surface area contributed by atoms with E-state index < -0.39 is 35.1 Å². The molecule has 1 saturated heterocycles. The Kier molecular flexibility index (Phi) is 5.00. The highest BCUT2D eigenvalue weighted by molar-refractivity contribution is 5.91. The molecule has 1 N–H and O–H groups in total. The number of hydrogen-bond donors (Lipinski definition) is 1. The van der Waals surface area contributed by atoms with Crippen molar-refractivity contribution in [2.75, 3.05) is 20.3 Å². The van der Waals surface area contributed by atoms with Crippen molar-refractivity contribution in [2.24, 2.45) is 11.8 Å². The third kappa shape index (κ3) is 2.97. The monoisotopic (exact) mass is 399 g/mol. The molecule has 152 valence electrons. The van der Waals surface area contributed by atoms with E-state index in [-0.39, 0.29) is 19.3 Å². The summed E-state index contributed by atoms with van der Waals surface area (Å²) in [7, 11) is 1.25. The van der Waals surface area contributed by atoms with Crippen molar-refractivity contribution in [2.45, 2.75) is 18.5 Å². The Morgan fingerprint density at radius 2 is 2.03 bits per heavy atom. The van der Waals surface area contributed by atoms with Gasteiger partial charge in [0.25, 0.3) is 0 Å². The lowest BCUT2D eigenvalue weighted by Crippen LogP contribution is -2.53. The normalized spacial score (nSPS) is 27.3. The first-order chi connectivity index (χ1) is 14.0. The number of para-hydroxylation sites is 1. The fourth-order valence-corrected chi connectivity index (χ4v) is 4.56. The van der Waals surface area contributed by atoms with Crippen LogP contribution in [0.25, 0.3) is 0 Å². The van der Waals surface area contributed by atoms with Crippen molar-refractivity contribution in [1.29, 1.82) is 0 Å². The van der Waals surface area contributed by atoms with E-state index in [1.807, 2.05) is 24.3 Å². The van der Waals surface area contributed by atoms with E-state index in [0.29, 0.717) is 11.3 Å². The van der Waals surface area contributed by atoms with Gasteiger partial charge in [0.1, 0.15) is 11.6 Å². The number of methoxy groups -OCH3 is 1. The number of esters is 2. The van der Waals surface area contributed by atoms with E-state index >= 15 is 0 Å². The number of carbonyl (C=O) groups is 2. The second-order valence-electron chi connectivity index (χ2n) is 7.17. The predicted octanol–water partition coefficient (Wildman–Crippen LogP) is 2.73. The quantitative estimate of drug-likeness (QED) is 0.797. The van der Waals surface area contributed by atoms with Gasteiger partial charge >= 0.3 is 11.9 Å². The largest absolute Gasteiger partial charge is 0.493 e. The Morgan fingerprint density at radius 1 is 1.24 bits per heavy atom. The van der Waals surface area contributed by atoms with Gasteiger partial charge in [0, 0.05) is 17.5 Å². The smallest absolute Gasteiger partial charge is 0.331 e. The number of carbonyl (C=O) groups excluding carboxylic acids is 2. The predicted molar refractivity (Wildman–Crippen MR) is 102 cm³/mol. The third-order valence-electron chi connectivity index (χ3n) is 5.72. The maximum atomic E-state index is 14.1. The topological polar surface area (TPSA) is 73.9 Å². The molecule has 0 aliphatic carbocycles. The van der Waals surface area contributed by atoms with Crippen LogP contribution in [0.15, 0.2) is 48.5 Å². The van der Waals surface area contributed by atoms with E-state index in [2.05, 4.69) is 5.32 Å². The minimum Gasteiger partial charge on any atom is -0.493 e. The molecule has 0 spiro atoms. The summed E-state index contributed by atoms with van der Waals surface area (Å²) >= 11 is 0. The van der Waals surface area contributed by atoms with Crippen molar-refractivity contribution in [3.8, 4) is 5.75 Å². The number of rotatable bonds is 4. The summed E-state index contributed by atoms with van der Waals surface area (Å²) in [6, 6.07) is 12.7. The van der Waals surface area contributed by atoms with Gasteiger partial charge in [0.15, 0.2) is 5.54 Å². The van der Waals surface area contributed by atoms with Crippen LogP contribution in [0.2, 0.25) is 0 Å². The second kappa shape index (κ2) is 7.48. The van der Waals surface area contributed by atoms with Crippen molar-refractivity contribution in [3.05, 3.63) is 65.5 Å². The summed E-state index contributed by atoms with van der Waals surface area (Å²) in [6.45, 7) is 2.07. The third-order valence-corrected chi connectivity index (χ3v) is 5.72. The number of nitrogens with one attached hydrogen (secondary N) is 1. The van der Waals surface area contributed by atoms with E-state index in [1.54, 1.807) is 13.0 Å². The van der Waals surface area contributed by atoms with Gasteiger partial charge in [0.2, 0.25) is 0 Å². The van der Waals surface area contributed by atoms with Crippen LogP contribution >= 0.6 is 0 Å². The highest BCUT2D eigenvalue weighted by Crippen LogP contribution is 2.52. The Balaban J connectivity index is 1.92. The lowest BCUT2D eigenvalue weighted by atomic mass is 9.74. The van der Waals surface area contributed by atoms with Gasteiger partial charge in [-0.2, -0.15) is 0 Å². The molecule has 0 aromatic heterocycles. The molecule has 4 atom stereocenters. The van der Waals surface area contributed by atoms with Crippen LogP contribution in [0.1, 0.15) is 24.1 Å². The van der Waals surface area contributed by atoms with Gasteiger partial charge < -0.3 is 14.2 Å². The van der Waals surface area contributed by atoms with Gasteiger partial charge in [-0.25, -0.2) is 9.18 Å². The maximum Gasteiger partial charge on any atom is 0.331 e. The van der Waals surface area contributed by atoms with Crippen LogP contribution in [0, 0.1) is 17.7 Å². The summed E-state index contributed by atoms with van der Waals surface area (Å²) in [4.78, 5) is 26.3. The Morgan fingerprint density at radius 3 is 2.76 bits per heavy atom. The van der Waals surface area contributed by atoms with Crippen LogP contribution in [0.4, 0.5) is 4.39 Å². The Hall–Kier alpha value is -2.93. The van der Waals surface area contributed by atoms with Crippen LogP contribution < -0.4 is 10.1 Å². The molecule has 6 nitrogen and oxygen atoms in total.